The highest BCUT2D eigenvalue weighted by Gasteiger charge is 2.72. The highest BCUT2D eigenvalue weighted by molar-refractivity contribution is 5.87. The molecule has 0 aromatic rings. The molecule has 9 fully saturated rings. The van der Waals surface area contributed by atoms with Crippen LogP contribution in [0.2, 0.25) is 0 Å². The van der Waals surface area contributed by atoms with Crippen LogP contribution in [0.5, 0.6) is 0 Å². The minimum absolute atomic E-state index is 0.0187. The Morgan fingerprint density at radius 3 is 1.80 bits per heavy atom. The highest BCUT2D eigenvalue weighted by Crippen LogP contribution is 2.70. The predicted octanol–water partition coefficient (Wildman–Crippen LogP) is -1.55. The molecule has 1 spiro atoms. The fraction of sp³-hybridized carbons (Fsp3) is 0.978. The van der Waals surface area contributed by atoms with Crippen molar-refractivity contribution in [2.75, 3.05) is 26.4 Å². The molecule has 0 aromatic carbocycles. The van der Waals surface area contributed by atoms with Crippen LogP contribution in [0.1, 0.15) is 85.5 Å². The van der Waals surface area contributed by atoms with Crippen LogP contribution >= 0.6 is 0 Å². The lowest BCUT2D eigenvalue weighted by Crippen LogP contribution is -2.66. The third-order valence-electron chi connectivity index (χ3n) is 18.1. The number of hydrogen-bond acceptors (Lipinski definition) is 19. The van der Waals surface area contributed by atoms with E-state index in [1.807, 2.05) is 0 Å². The molecule has 5 aliphatic heterocycles. The largest absolute Gasteiger partial charge is 0.394 e. The molecule has 5 heterocycles. The van der Waals surface area contributed by atoms with Crippen LogP contribution in [0, 0.1) is 52.3 Å². The third-order valence-corrected chi connectivity index (χ3v) is 18.1. The van der Waals surface area contributed by atoms with E-state index in [2.05, 4.69) is 27.7 Å². The minimum Gasteiger partial charge on any atom is -0.394 e. The van der Waals surface area contributed by atoms with Gasteiger partial charge in [-0.1, -0.05) is 27.7 Å². The van der Waals surface area contributed by atoms with E-state index in [0.29, 0.717) is 43.5 Å². The molecule has 0 aromatic heterocycles. The van der Waals surface area contributed by atoms with Crippen molar-refractivity contribution in [2.24, 2.45) is 52.3 Å². The summed E-state index contributed by atoms with van der Waals surface area (Å²) in [5.74, 6) is 1.71. The molecule has 10 N–H and O–H groups in total. The van der Waals surface area contributed by atoms with Gasteiger partial charge in [-0.15, -0.1) is 0 Å². The fourth-order valence-corrected chi connectivity index (χ4v) is 14.4. The number of hydrogen-bond donors (Lipinski definition) is 10. The van der Waals surface area contributed by atoms with Gasteiger partial charge >= 0.3 is 0 Å². The number of aliphatic hydroxyl groups excluding tert-OH is 10. The number of carbonyl (C=O) groups is 1. The van der Waals surface area contributed by atoms with Gasteiger partial charge in [0.05, 0.1) is 38.6 Å². The highest BCUT2D eigenvalue weighted by atomic mass is 16.8. The fourth-order valence-electron chi connectivity index (χ4n) is 14.4. The van der Waals surface area contributed by atoms with Crippen LogP contribution in [-0.2, 0) is 42.7 Å². The Labute approximate surface area is 373 Å². The van der Waals surface area contributed by atoms with Crippen LogP contribution in [0.3, 0.4) is 0 Å². The second kappa shape index (κ2) is 18.0. The lowest BCUT2D eigenvalue weighted by molar-refractivity contribution is -0.381. The van der Waals surface area contributed by atoms with E-state index in [0.717, 1.165) is 38.5 Å². The standard InChI is InChI=1S/C45H72O19/c1-18-7-10-45(57-17-18)19(2)30-25(64-45)12-24-22-6-5-20-11-21(8-9-43(20,3)23(22)13-29(49)44(24,30)4)58-40-36(55)33(52)38(27(15-47)60-40)63-42-37(56)34(53)39(28(16-48)61-42)62-41-35(54)32(51)31(50)26(14-46)59-41/h18-28,30-42,46-48,50-56H,5-17H2,1-4H3/t18-,19+,20+,21+,22-,23+,24+,25+,26-,27-,28-,30+,31-,32+,33-,34-,35-,36-,37-,38-,39-,40+,41-,42-,43+,44-,45-/m1/s1. The van der Waals surface area contributed by atoms with Crippen molar-refractivity contribution in [2.45, 2.75) is 196 Å². The quantitative estimate of drug-likeness (QED) is 0.117. The molecule has 0 radical (unpaired) electrons. The summed E-state index contributed by atoms with van der Waals surface area (Å²) in [6.07, 6.45) is -17.4. The van der Waals surface area contributed by atoms with Gasteiger partial charge in [-0.3, -0.25) is 4.79 Å². The van der Waals surface area contributed by atoms with Gasteiger partial charge in [0.2, 0.25) is 0 Å². The van der Waals surface area contributed by atoms with Crippen LogP contribution in [0.4, 0.5) is 0 Å². The smallest absolute Gasteiger partial charge is 0.187 e. The summed E-state index contributed by atoms with van der Waals surface area (Å²) >= 11 is 0. The van der Waals surface area contributed by atoms with Crippen molar-refractivity contribution in [3.05, 3.63) is 0 Å². The molecule has 4 aliphatic carbocycles. The van der Waals surface area contributed by atoms with Crippen molar-refractivity contribution in [1.82, 2.24) is 0 Å². The van der Waals surface area contributed by atoms with E-state index in [4.69, 9.17) is 37.9 Å². The molecule has 4 saturated carbocycles. The van der Waals surface area contributed by atoms with Crippen LogP contribution in [0.25, 0.3) is 0 Å². The SMILES string of the molecule is C[C@@H]1CC[C@@]2(OC1)O[C@H]1C[C@H]3[C@@H]4CC[C@H]5C[C@@H](O[C@H]6O[C@H](CO)[C@@H](O[C@H]7O[C@H](CO)[C@@H](O[C@H]8O[C@H](CO)[C@@H](O)[C@H](O)[C@H]8O)[C@H](O)[C@H]7O)[C@H](O)[C@H]6O)CC[C@]5(C)[C@H]4CC(=O)[C@]3(C)[C@H]1[C@@H]2C. The number of ether oxygens (including phenoxy) is 8. The first-order valence-electron chi connectivity index (χ1n) is 23.8. The lowest BCUT2D eigenvalue weighted by Gasteiger charge is -2.60. The predicted molar refractivity (Wildman–Crippen MR) is 216 cm³/mol. The number of Topliss-reactive ketones (excluding diaryl/α,β-unsaturated/α-hetero) is 1. The first-order valence-corrected chi connectivity index (χ1v) is 23.8. The molecule has 9 rings (SSSR count). The van der Waals surface area contributed by atoms with Crippen LogP contribution in [-0.4, -0.2) is 193 Å². The number of carbonyl (C=O) groups excluding carboxylic acids is 1. The average Bonchev–Trinajstić information content (AvgIpc) is 3.73. The topological polar surface area (TPSA) is 293 Å². The molecule has 27 atom stereocenters. The first-order chi connectivity index (χ1) is 30.4. The summed E-state index contributed by atoms with van der Waals surface area (Å²) in [7, 11) is 0. The molecule has 19 nitrogen and oxygen atoms in total. The summed E-state index contributed by atoms with van der Waals surface area (Å²) in [6, 6.07) is 0. The van der Waals surface area contributed by atoms with Gasteiger partial charge in [0.25, 0.3) is 0 Å². The van der Waals surface area contributed by atoms with Crippen LogP contribution in [0.15, 0.2) is 0 Å². The Morgan fingerprint density at radius 1 is 0.641 bits per heavy atom. The van der Waals surface area contributed by atoms with Gasteiger partial charge in [0.15, 0.2) is 24.7 Å². The summed E-state index contributed by atoms with van der Waals surface area (Å²) in [5, 5.41) is 106. The van der Waals surface area contributed by atoms with Gasteiger partial charge in [-0.2, -0.15) is 0 Å². The number of ketones is 1. The Balaban J connectivity index is 0.811. The van der Waals surface area contributed by atoms with E-state index < -0.39 is 123 Å². The molecule has 64 heavy (non-hydrogen) atoms. The molecule has 19 heteroatoms. The second-order valence-corrected chi connectivity index (χ2v) is 21.4. The average molecular weight is 917 g/mol. The summed E-state index contributed by atoms with van der Waals surface area (Å²) in [5.41, 5.74) is -0.539. The van der Waals surface area contributed by atoms with E-state index in [9.17, 15) is 55.9 Å². The molecule has 9 aliphatic rings. The van der Waals surface area contributed by atoms with Crippen molar-refractivity contribution < 1.29 is 93.8 Å². The monoisotopic (exact) mass is 916 g/mol. The Morgan fingerprint density at radius 2 is 1.22 bits per heavy atom. The summed E-state index contributed by atoms with van der Waals surface area (Å²) < 4.78 is 48.3. The van der Waals surface area contributed by atoms with E-state index in [1.54, 1.807) is 0 Å². The molecule has 0 bridgehead atoms. The second-order valence-electron chi connectivity index (χ2n) is 21.4. The maximum atomic E-state index is 14.6. The Bertz CT molecular complexity index is 1640. The van der Waals surface area contributed by atoms with E-state index in [-0.39, 0.29) is 47.2 Å². The summed E-state index contributed by atoms with van der Waals surface area (Å²) in [6.45, 7) is 7.45. The maximum Gasteiger partial charge on any atom is 0.187 e. The van der Waals surface area contributed by atoms with Crippen molar-refractivity contribution in [3.63, 3.8) is 0 Å². The molecule has 0 unspecified atom stereocenters. The Hall–Kier alpha value is -1.05. The zero-order chi connectivity index (χ0) is 45.8. The Kier molecular flexibility index (Phi) is 13.5. The van der Waals surface area contributed by atoms with E-state index >= 15 is 0 Å². The molecular weight excluding hydrogens is 844 g/mol. The van der Waals surface area contributed by atoms with Crippen molar-refractivity contribution >= 4 is 5.78 Å². The van der Waals surface area contributed by atoms with Gasteiger partial charge in [0.1, 0.15) is 79.0 Å². The molecule has 5 saturated heterocycles. The lowest BCUT2D eigenvalue weighted by atomic mass is 9.44. The van der Waals surface area contributed by atoms with Gasteiger partial charge < -0.3 is 89.0 Å². The molecular formula is C45H72O19. The summed E-state index contributed by atoms with van der Waals surface area (Å²) in [4.78, 5) is 14.6. The third kappa shape index (κ3) is 7.67. The maximum absolute atomic E-state index is 14.6. The molecule has 0 amide bonds. The van der Waals surface area contributed by atoms with Crippen molar-refractivity contribution in [3.8, 4) is 0 Å². The number of rotatable bonds is 9. The van der Waals surface area contributed by atoms with Gasteiger partial charge in [-0.25, -0.2) is 0 Å². The zero-order valence-electron chi connectivity index (χ0n) is 37.2. The number of aliphatic hydroxyl groups is 10. The normalized spacial score (nSPS) is 57.5. The first kappa shape index (κ1) is 48.0. The number of fused-ring (bicyclic) bond motifs is 7. The molecule has 366 valence electrons. The van der Waals surface area contributed by atoms with Gasteiger partial charge in [0, 0.05) is 30.1 Å². The van der Waals surface area contributed by atoms with Crippen LogP contribution < -0.4 is 0 Å². The zero-order valence-corrected chi connectivity index (χ0v) is 37.2. The van der Waals surface area contributed by atoms with Gasteiger partial charge in [-0.05, 0) is 80.0 Å². The van der Waals surface area contributed by atoms with E-state index in [1.165, 1.54) is 0 Å². The van der Waals surface area contributed by atoms with Crippen molar-refractivity contribution in [1.29, 1.82) is 0 Å². The minimum atomic E-state index is -1.92.